The summed E-state index contributed by atoms with van der Waals surface area (Å²) in [4.78, 5) is 22.5. The van der Waals surface area contributed by atoms with E-state index in [1.807, 2.05) is 0 Å². The van der Waals surface area contributed by atoms with Crippen molar-refractivity contribution in [2.24, 2.45) is 5.92 Å². The van der Waals surface area contributed by atoms with Gasteiger partial charge < -0.3 is 15.4 Å². The van der Waals surface area contributed by atoms with Crippen LogP contribution in [-0.4, -0.2) is 37.6 Å². The van der Waals surface area contributed by atoms with Gasteiger partial charge in [0.15, 0.2) is 0 Å². The first-order valence-corrected chi connectivity index (χ1v) is 7.43. The Morgan fingerprint density at radius 2 is 2.30 bits per heavy atom. The topological polar surface area (TPSA) is 93.5 Å². The van der Waals surface area contributed by atoms with Crippen LogP contribution in [-0.2, 0) is 0 Å². The molecule has 1 aliphatic heterocycles. The number of ether oxygens (including phenoxy) is 1. The number of halogens is 1. The van der Waals surface area contributed by atoms with Gasteiger partial charge in [0.05, 0.1) is 17.6 Å². The molecule has 1 aromatic carbocycles. The van der Waals surface area contributed by atoms with Gasteiger partial charge in [0.2, 0.25) is 0 Å². The Kier molecular flexibility index (Phi) is 7.77. The number of nitrogens with one attached hydrogen (secondary N) is 2. The molecule has 1 heterocycles. The number of nitrogens with zero attached hydrogens (tertiary/aromatic N) is 1. The largest absolute Gasteiger partial charge is 0.496 e. The number of benzene rings is 1. The van der Waals surface area contributed by atoms with Crippen LogP contribution in [0.1, 0.15) is 29.6 Å². The first-order chi connectivity index (χ1) is 10.6. The van der Waals surface area contributed by atoms with E-state index in [-0.39, 0.29) is 29.6 Å². The average molecular weight is 344 g/mol. The molecule has 0 radical (unpaired) electrons. The van der Waals surface area contributed by atoms with Crippen molar-refractivity contribution >= 4 is 24.0 Å². The van der Waals surface area contributed by atoms with Crippen LogP contribution < -0.4 is 15.4 Å². The number of piperidine rings is 1. The van der Waals surface area contributed by atoms with Crippen molar-refractivity contribution in [2.45, 2.75) is 19.3 Å². The SMILES string of the molecule is COc1ccc([N+](=O)[O-])cc1C(=O)NCCC1CCCNC1.Cl. The fourth-order valence-electron chi connectivity index (χ4n) is 2.64. The highest BCUT2D eigenvalue weighted by molar-refractivity contribution is 5.97. The first-order valence-electron chi connectivity index (χ1n) is 7.43. The number of nitro groups is 1. The van der Waals surface area contributed by atoms with Gasteiger partial charge >= 0.3 is 0 Å². The minimum Gasteiger partial charge on any atom is -0.496 e. The van der Waals surface area contributed by atoms with E-state index in [4.69, 9.17) is 4.74 Å². The minimum absolute atomic E-state index is 0. The van der Waals surface area contributed by atoms with Crippen molar-refractivity contribution in [3.05, 3.63) is 33.9 Å². The second-order valence-corrected chi connectivity index (χ2v) is 5.40. The zero-order valence-electron chi connectivity index (χ0n) is 13.0. The highest BCUT2D eigenvalue weighted by atomic mass is 35.5. The Morgan fingerprint density at radius 1 is 1.52 bits per heavy atom. The molecule has 7 nitrogen and oxygen atoms in total. The van der Waals surface area contributed by atoms with Crippen LogP contribution in [0.3, 0.4) is 0 Å². The minimum atomic E-state index is -0.524. The van der Waals surface area contributed by atoms with Gasteiger partial charge in [0, 0.05) is 18.7 Å². The summed E-state index contributed by atoms with van der Waals surface area (Å²) >= 11 is 0. The van der Waals surface area contributed by atoms with Crippen molar-refractivity contribution in [3.63, 3.8) is 0 Å². The maximum atomic E-state index is 12.2. The molecule has 1 atom stereocenters. The zero-order chi connectivity index (χ0) is 15.9. The summed E-state index contributed by atoms with van der Waals surface area (Å²) in [6.45, 7) is 2.60. The quantitative estimate of drug-likeness (QED) is 0.609. The van der Waals surface area contributed by atoms with E-state index in [9.17, 15) is 14.9 Å². The lowest BCUT2D eigenvalue weighted by Gasteiger charge is -2.22. The van der Waals surface area contributed by atoms with Crippen LogP contribution in [0.25, 0.3) is 0 Å². The maximum Gasteiger partial charge on any atom is 0.270 e. The zero-order valence-corrected chi connectivity index (χ0v) is 13.9. The number of hydrogen-bond donors (Lipinski definition) is 2. The fourth-order valence-corrected chi connectivity index (χ4v) is 2.64. The van der Waals surface area contributed by atoms with E-state index in [2.05, 4.69) is 10.6 Å². The summed E-state index contributed by atoms with van der Waals surface area (Å²) in [5.74, 6) is 0.563. The Morgan fingerprint density at radius 3 is 2.91 bits per heavy atom. The molecule has 0 saturated carbocycles. The molecule has 1 unspecified atom stereocenters. The molecule has 1 amide bonds. The predicted molar refractivity (Wildman–Crippen MR) is 89.4 cm³/mol. The Balaban J connectivity index is 0.00000264. The van der Waals surface area contributed by atoms with Crippen LogP contribution in [0.15, 0.2) is 18.2 Å². The van der Waals surface area contributed by atoms with Gasteiger partial charge in [-0.05, 0) is 44.3 Å². The molecular formula is C15H22ClN3O4. The van der Waals surface area contributed by atoms with E-state index in [0.717, 1.165) is 25.9 Å². The molecule has 1 aromatic rings. The van der Waals surface area contributed by atoms with E-state index < -0.39 is 4.92 Å². The number of carbonyl (C=O) groups excluding carboxylic acids is 1. The number of rotatable bonds is 6. The van der Waals surface area contributed by atoms with Gasteiger partial charge in [-0.3, -0.25) is 14.9 Å². The molecule has 1 fully saturated rings. The Bertz CT molecular complexity index is 548. The van der Waals surface area contributed by atoms with Crippen LogP contribution in [0.5, 0.6) is 5.75 Å². The molecule has 2 N–H and O–H groups in total. The van der Waals surface area contributed by atoms with Gasteiger partial charge in [-0.2, -0.15) is 0 Å². The van der Waals surface area contributed by atoms with Crippen LogP contribution in [0.2, 0.25) is 0 Å². The van der Waals surface area contributed by atoms with Crippen LogP contribution in [0.4, 0.5) is 5.69 Å². The summed E-state index contributed by atoms with van der Waals surface area (Å²) in [6.07, 6.45) is 3.23. The summed E-state index contributed by atoms with van der Waals surface area (Å²) in [5.41, 5.74) is 0.0703. The van der Waals surface area contributed by atoms with Gasteiger partial charge in [0.1, 0.15) is 5.75 Å². The molecule has 0 spiro atoms. The molecule has 128 valence electrons. The molecule has 2 rings (SSSR count). The molecule has 8 heteroatoms. The number of methoxy groups -OCH3 is 1. The highest BCUT2D eigenvalue weighted by Gasteiger charge is 2.18. The third-order valence-corrected chi connectivity index (χ3v) is 3.88. The second-order valence-electron chi connectivity index (χ2n) is 5.40. The van der Waals surface area contributed by atoms with E-state index >= 15 is 0 Å². The van der Waals surface area contributed by atoms with Crippen molar-refractivity contribution in [1.82, 2.24) is 10.6 Å². The first kappa shape index (κ1) is 19.2. The lowest BCUT2D eigenvalue weighted by atomic mass is 9.96. The van der Waals surface area contributed by atoms with Crippen molar-refractivity contribution < 1.29 is 14.5 Å². The Labute approximate surface area is 141 Å². The summed E-state index contributed by atoms with van der Waals surface area (Å²) in [5, 5.41) is 17.0. The van der Waals surface area contributed by atoms with Crippen molar-refractivity contribution in [1.29, 1.82) is 0 Å². The molecule has 23 heavy (non-hydrogen) atoms. The number of amides is 1. The van der Waals surface area contributed by atoms with Gasteiger partial charge in [-0.25, -0.2) is 0 Å². The monoisotopic (exact) mass is 343 g/mol. The van der Waals surface area contributed by atoms with Crippen LogP contribution in [0, 0.1) is 16.0 Å². The van der Waals surface area contributed by atoms with Crippen molar-refractivity contribution in [2.75, 3.05) is 26.7 Å². The number of nitro benzene ring substituents is 1. The second kappa shape index (κ2) is 9.32. The molecule has 0 bridgehead atoms. The van der Waals surface area contributed by atoms with Gasteiger partial charge in [0.25, 0.3) is 11.6 Å². The van der Waals surface area contributed by atoms with Crippen molar-refractivity contribution in [3.8, 4) is 5.75 Å². The number of non-ortho nitro benzene ring substituents is 1. The predicted octanol–water partition coefficient (Wildman–Crippen LogP) is 2.14. The van der Waals surface area contributed by atoms with Gasteiger partial charge in [-0.15, -0.1) is 12.4 Å². The molecule has 1 saturated heterocycles. The van der Waals surface area contributed by atoms with E-state index in [0.29, 0.717) is 18.2 Å². The average Bonchev–Trinajstić information content (AvgIpc) is 2.55. The fraction of sp³-hybridized carbons (Fsp3) is 0.533. The maximum absolute atomic E-state index is 12.2. The lowest BCUT2D eigenvalue weighted by Crippen LogP contribution is -2.33. The smallest absolute Gasteiger partial charge is 0.270 e. The standard InChI is InChI=1S/C15H21N3O4.ClH/c1-22-14-5-4-12(18(20)21)9-13(14)15(19)17-8-6-11-3-2-7-16-10-11;/h4-5,9,11,16H,2-3,6-8,10H2,1H3,(H,17,19);1H. The van der Waals surface area contributed by atoms with Crippen LogP contribution >= 0.6 is 12.4 Å². The lowest BCUT2D eigenvalue weighted by molar-refractivity contribution is -0.384. The molecule has 0 aliphatic carbocycles. The van der Waals surface area contributed by atoms with E-state index in [1.54, 1.807) is 0 Å². The number of hydrogen-bond acceptors (Lipinski definition) is 5. The van der Waals surface area contributed by atoms with E-state index in [1.165, 1.54) is 31.7 Å². The summed E-state index contributed by atoms with van der Waals surface area (Å²) < 4.78 is 5.10. The molecule has 1 aliphatic rings. The summed E-state index contributed by atoms with van der Waals surface area (Å²) in [7, 11) is 1.44. The highest BCUT2D eigenvalue weighted by Crippen LogP contribution is 2.24. The normalized spacial score (nSPS) is 17.0. The molecule has 0 aromatic heterocycles. The molecular weight excluding hydrogens is 322 g/mol. The number of carbonyl (C=O) groups is 1. The summed E-state index contributed by atoms with van der Waals surface area (Å²) in [6, 6.07) is 4.01. The Hall–Kier alpha value is -1.86. The third-order valence-electron chi connectivity index (χ3n) is 3.88. The van der Waals surface area contributed by atoms with Gasteiger partial charge in [-0.1, -0.05) is 0 Å². The third kappa shape index (κ3) is 5.37.